The van der Waals surface area contributed by atoms with E-state index in [4.69, 9.17) is 21.3 Å². The zero-order valence-corrected chi connectivity index (χ0v) is 10.9. The predicted molar refractivity (Wildman–Crippen MR) is 64.4 cm³/mol. The largest absolute Gasteiger partial charge is 0.464 e. The standard InChI is InChI=1S/C11H22ClNO3/c1-3-5-7-15-9-10(13-12)11(14)16-8-6-4-2/h10,13H,3-9H2,1-2H3/t10-/m0/s1. The van der Waals surface area contributed by atoms with Gasteiger partial charge in [0.1, 0.15) is 6.04 Å². The van der Waals surface area contributed by atoms with Gasteiger partial charge in [-0.2, -0.15) is 0 Å². The summed E-state index contributed by atoms with van der Waals surface area (Å²) in [5.74, 6) is -0.347. The molecule has 16 heavy (non-hydrogen) atoms. The second-order valence-corrected chi connectivity index (χ2v) is 3.83. The summed E-state index contributed by atoms with van der Waals surface area (Å²) in [6.07, 6.45) is 3.93. The van der Waals surface area contributed by atoms with Gasteiger partial charge in [0.25, 0.3) is 0 Å². The minimum absolute atomic E-state index is 0.258. The maximum absolute atomic E-state index is 11.5. The van der Waals surface area contributed by atoms with Crippen molar-refractivity contribution in [1.29, 1.82) is 0 Å². The normalized spacial score (nSPS) is 12.4. The molecular weight excluding hydrogens is 230 g/mol. The Labute approximate surface area is 103 Å². The number of carbonyl (C=O) groups is 1. The van der Waals surface area contributed by atoms with Crippen LogP contribution in [-0.2, 0) is 14.3 Å². The quantitative estimate of drug-likeness (QED) is 0.368. The fourth-order valence-electron chi connectivity index (χ4n) is 1.01. The van der Waals surface area contributed by atoms with Crippen LogP contribution in [0.15, 0.2) is 0 Å². The Kier molecular flexibility index (Phi) is 11.0. The number of esters is 1. The minimum Gasteiger partial charge on any atom is -0.464 e. The van der Waals surface area contributed by atoms with Gasteiger partial charge in [0.15, 0.2) is 0 Å². The first-order valence-electron chi connectivity index (χ1n) is 5.86. The molecule has 0 aliphatic carbocycles. The lowest BCUT2D eigenvalue weighted by Gasteiger charge is -2.14. The van der Waals surface area contributed by atoms with Crippen LogP contribution in [0.4, 0.5) is 0 Å². The number of rotatable bonds is 10. The van der Waals surface area contributed by atoms with Crippen molar-refractivity contribution in [2.24, 2.45) is 0 Å². The van der Waals surface area contributed by atoms with Crippen LogP contribution < -0.4 is 4.84 Å². The number of halogens is 1. The van der Waals surface area contributed by atoms with Crippen LogP contribution in [-0.4, -0.2) is 31.8 Å². The average Bonchev–Trinajstić information content (AvgIpc) is 2.29. The maximum Gasteiger partial charge on any atom is 0.326 e. The van der Waals surface area contributed by atoms with Gasteiger partial charge in [0.2, 0.25) is 0 Å². The molecule has 1 N–H and O–H groups in total. The summed E-state index contributed by atoms with van der Waals surface area (Å²) < 4.78 is 10.3. The Morgan fingerprint density at radius 1 is 1.25 bits per heavy atom. The molecule has 0 bridgehead atoms. The molecule has 0 saturated carbocycles. The van der Waals surface area contributed by atoms with E-state index >= 15 is 0 Å². The summed E-state index contributed by atoms with van der Waals surface area (Å²) in [5, 5.41) is 0. The van der Waals surface area contributed by atoms with Crippen molar-refractivity contribution < 1.29 is 14.3 Å². The highest BCUT2D eigenvalue weighted by Crippen LogP contribution is 1.97. The Morgan fingerprint density at radius 2 is 1.88 bits per heavy atom. The van der Waals surface area contributed by atoms with Crippen LogP contribution in [0.25, 0.3) is 0 Å². The summed E-state index contributed by atoms with van der Waals surface area (Å²) in [7, 11) is 0. The summed E-state index contributed by atoms with van der Waals surface area (Å²) in [4.78, 5) is 13.8. The topological polar surface area (TPSA) is 47.6 Å². The van der Waals surface area contributed by atoms with Gasteiger partial charge in [0, 0.05) is 6.61 Å². The molecule has 0 aromatic rings. The van der Waals surface area contributed by atoms with Crippen molar-refractivity contribution in [3.8, 4) is 0 Å². The van der Waals surface area contributed by atoms with Crippen LogP contribution in [0.3, 0.4) is 0 Å². The monoisotopic (exact) mass is 251 g/mol. The van der Waals surface area contributed by atoms with E-state index in [9.17, 15) is 4.79 Å². The molecule has 0 spiro atoms. The molecule has 5 heteroatoms. The van der Waals surface area contributed by atoms with Gasteiger partial charge in [-0.05, 0) is 24.6 Å². The molecule has 4 nitrogen and oxygen atoms in total. The highest BCUT2D eigenvalue weighted by atomic mass is 35.5. The summed E-state index contributed by atoms with van der Waals surface area (Å²) in [6, 6.07) is -0.574. The highest BCUT2D eigenvalue weighted by Gasteiger charge is 2.18. The number of hydrogen-bond donors (Lipinski definition) is 1. The van der Waals surface area contributed by atoms with Crippen LogP contribution in [0.1, 0.15) is 39.5 Å². The number of unbranched alkanes of at least 4 members (excludes halogenated alkanes) is 2. The molecule has 0 aliphatic rings. The number of nitrogens with one attached hydrogen (secondary N) is 1. The highest BCUT2D eigenvalue weighted by molar-refractivity contribution is 6.14. The van der Waals surface area contributed by atoms with Crippen molar-refractivity contribution in [2.75, 3.05) is 19.8 Å². The SMILES string of the molecule is CCCCOC[C@H](NCl)C(=O)OCCCC. The summed E-state index contributed by atoms with van der Waals surface area (Å²) in [6.45, 7) is 5.47. The van der Waals surface area contributed by atoms with Gasteiger partial charge >= 0.3 is 5.97 Å². The molecule has 0 amide bonds. The van der Waals surface area contributed by atoms with Crippen molar-refractivity contribution in [3.05, 3.63) is 0 Å². The van der Waals surface area contributed by atoms with Gasteiger partial charge in [-0.3, -0.25) is 4.79 Å². The molecule has 0 saturated heterocycles. The lowest BCUT2D eigenvalue weighted by Crippen LogP contribution is -2.37. The van der Waals surface area contributed by atoms with E-state index in [1.807, 2.05) is 6.92 Å². The van der Waals surface area contributed by atoms with E-state index in [-0.39, 0.29) is 12.6 Å². The molecule has 0 fully saturated rings. The Hall–Kier alpha value is -0.320. The van der Waals surface area contributed by atoms with E-state index in [0.29, 0.717) is 13.2 Å². The second-order valence-electron chi connectivity index (χ2n) is 3.61. The molecule has 0 aromatic carbocycles. The van der Waals surface area contributed by atoms with Gasteiger partial charge in [0.05, 0.1) is 13.2 Å². The van der Waals surface area contributed by atoms with Crippen LogP contribution >= 0.6 is 11.8 Å². The molecule has 96 valence electrons. The minimum atomic E-state index is -0.574. The Morgan fingerprint density at radius 3 is 2.44 bits per heavy atom. The average molecular weight is 252 g/mol. The molecule has 0 heterocycles. The summed E-state index contributed by atoms with van der Waals surface area (Å²) in [5.41, 5.74) is 0. The second kappa shape index (κ2) is 11.2. The first-order chi connectivity index (χ1) is 7.76. The fraction of sp³-hybridized carbons (Fsp3) is 0.909. The molecule has 0 aliphatic heterocycles. The lowest BCUT2D eigenvalue weighted by atomic mass is 10.3. The predicted octanol–water partition coefficient (Wildman–Crippen LogP) is 2.26. The molecule has 0 rings (SSSR count). The smallest absolute Gasteiger partial charge is 0.326 e. The first kappa shape index (κ1) is 15.7. The van der Waals surface area contributed by atoms with Crippen molar-refractivity contribution >= 4 is 17.7 Å². The Balaban J connectivity index is 3.65. The summed E-state index contributed by atoms with van der Waals surface area (Å²) >= 11 is 5.46. The molecule has 0 unspecified atom stereocenters. The fourth-order valence-corrected chi connectivity index (χ4v) is 1.16. The Bertz CT molecular complexity index is 179. The van der Waals surface area contributed by atoms with Crippen molar-refractivity contribution in [1.82, 2.24) is 4.84 Å². The van der Waals surface area contributed by atoms with E-state index in [1.54, 1.807) is 0 Å². The molecule has 1 atom stereocenters. The van der Waals surface area contributed by atoms with Gasteiger partial charge in [-0.1, -0.05) is 26.7 Å². The van der Waals surface area contributed by atoms with Crippen LogP contribution in [0.5, 0.6) is 0 Å². The third kappa shape index (κ3) is 7.91. The number of ether oxygens (including phenoxy) is 2. The zero-order valence-electron chi connectivity index (χ0n) is 10.1. The molecular formula is C11H22ClNO3. The third-order valence-electron chi connectivity index (χ3n) is 2.09. The zero-order chi connectivity index (χ0) is 12.2. The first-order valence-corrected chi connectivity index (χ1v) is 6.24. The van der Waals surface area contributed by atoms with E-state index in [1.165, 1.54) is 0 Å². The van der Waals surface area contributed by atoms with Gasteiger partial charge < -0.3 is 9.47 Å². The van der Waals surface area contributed by atoms with Gasteiger partial charge in [-0.25, -0.2) is 4.84 Å². The van der Waals surface area contributed by atoms with Crippen molar-refractivity contribution in [2.45, 2.75) is 45.6 Å². The number of hydrogen-bond acceptors (Lipinski definition) is 4. The van der Waals surface area contributed by atoms with E-state index in [0.717, 1.165) is 25.7 Å². The lowest BCUT2D eigenvalue weighted by molar-refractivity contribution is -0.147. The van der Waals surface area contributed by atoms with Gasteiger partial charge in [-0.15, -0.1) is 0 Å². The number of carbonyl (C=O) groups excluding carboxylic acids is 1. The van der Waals surface area contributed by atoms with Crippen molar-refractivity contribution in [3.63, 3.8) is 0 Å². The van der Waals surface area contributed by atoms with E-state index in [2.05, 4.69) is 11.8 Å². The third-order valence-corrected chi connectivity index (χ3v) is 2.35. The molecule has 0 radical (unpaired) electrons. The molecule has 0 aromatic heterocycles. The van der Waals surface area contributed by atoms with Crippen LogP contribution in [0.2, 0.25) is 0 Å². The van der Waals surface area contributed by atoms with E-state index < -0.39 is 6.04 Å². The maximum atomic E-state index is 11.5. The van der Waals surface area contributed by atoms with Crippen LogP contribution in [0, 0.1) is 0 Å².